The number of aromatic amines is 1. The second kappa shape index (κ2) is 5.73. The first kappa shape index (κ1) is 13.4. The molecule has 19 heavy (non-hydrogen) atoms. The number of hydrogen-bond acceptors (Lipinski definition) is 4. The van der Waals surface area contributed by atoms with E-state index in [0.717, 1.165) is 13.0 Å². The van der Waals surface area contributed by atoms with Gasteiger partial charge in [-0.05, 0) is 37.0 Å². The molecule has 2 rings (SSSR count). The molecule has 5 heteroatoms. The van der Waals surface area contributed by atoms with Crippen LogP contribution in [0.25, 0.3) is 0 Å². The quantitative estimate of drug-likeness (QED) is 0.864. The minimum atomic E-state index is 0.689. The summed E-state index contributed by atoms with van der Waals surface area (Å²) in [4.78, 5) is 6.20. The zero-order valence-corrected chi connectivity index (χ0v) is 12.0. The van der Waals surface area contributed by atoms with Crippen molar-refractivity contribution >= 4 is 11.9 Å². The van der Waals surface area contributed by atoms with E-state index in [1.54, 1.807) is 0 Å². The van der Waals surface area contributed by atoms with Crippen molar-refractivity contribution in [1.29, 1.82) is 0 Å². The van der Waals surface area contributed by atoms with Crippen LogP contribution in [0.4, 0.5) is 11.9 Å². The Morgan fingerprint density at radius 3 is 2.74 bits per heavy atom. The second-order valence-electron chi connectivity index (χ2n) is 4.91. The van der Waals surface area contributed by atoms with E-state index in [1.807, 2.05) is 19.0 Å². The molecule has 0 aliphatic carbocycles. The average Bonchev–Trinajstić information content (AvgIpc) is 2.83. The molecule has 0 aliphatic heterocycles. The fourth-order valence-electron chi connectivity index (χ4n) is 1.93. The zero-order chi connectivity index (χ0) is 13.8. The summed E-state index contributed by atoms with van der Waals surface area (Å²) in [7, 11) is 3.84. The summed E-state index contributed by atoms with van der Waals surface area (Å²) < 4.78 is 0. The first-order valence-corrected chi connectivity index (χ1v) is 6.46. The van der Waals surface area contributed by atoms with Crippen LogP contribution in [0.2, 0.25) is 0 Å². The monoisotopic (exact) mass is 259 g/mol. The predicted molar refractivity (Wildman–Crippen MR) is 78.8 cm³/mol. The number of aromatic nitrogens is 3. The molecule has 0 bridgehead atoms. The van der Waals surface area contributed by atoms with E-state index in [1.165, 1.54) is 16.7 Å². The van der Waals surface area contributed by atoms with Crippen molar-refractivity contribution in [2.45, 2.75) is 20.3 Å². The molecule has 5 nitrogen and oxygen atoms in total. The Kier molecular flexibility index (Phi) is 4.04. The highest BCUT2D eigenvalue weighted by Gasteiger charge is 2.04. The van der Waals surface area contributed by atoms with Gasteiger partial charge in [-0.2, -0.15) is 4.98 Å². The van der Waals surface area contributed by atoms with Crippen LogP contribution in [0.15, 0.2) is 18.2 Å². The molecule has 2 aromatic rings. The van der Waals surface area contributed by atoms with Gasteiger partial charge in [-0.3, -0.25) is 0 Å². The van der Waals surface area contributed by atoms with Gasteiger partial charge < -0.3 is 10.2 Å². The largest absolute Gasteiger partial charge is 0.354 e. The standard InChI is InChI=1S/C14H21N5/c1-10-6-5-7-12(11(10)2)8-9-15-13-16-14(18-17-13)19(3)4/h5-7H,8-9H2,1-4H3,(H2,15,16,17,18). The maximum absolute atomic E-state index is 4.33. The number of anilines is 2. The lowest BCUT2D eigenvalue weighted by Crippen LogP contribution is -2.11. The van der Waals surface area contributed by atoms with Crippen LogP contribution in [-0.4, -0.2) is 35.8 Å². The Bertz CT molecular complexity index is 545. The molecular formula is C14H21N5. The Morgan fingerprint density at radius 1 is 1.26 bits per heavy atom. The first-order chi connectivity index (χ1) is 9.08. The van der Waals surface area contributed by atoms with Crippen molar-refractivity contribution < 1.29 is 0 Å². The molecule has 0 atom stereocenters. The second-order valence-corrected chi connectivity index (χ2v) is 4.91. The van der Waals surface area contributed by atoms with Crippen LogP contribution in [0.3, 0.4) is 0 Å². The lowest BCUT2D eigenvalue weighted by atomic mass is 10.0. The van der Waals surface area contributed by atoms with Crippen LogP contribution < -0.4 is 10.2 Å². The van der Waals surface area contributed by atoms with Crippen molar-refractivity contribution in [1.82, 2.24) is 15.2 Å². The van der Waals surface area contributed by atoms with Crippen LogP contribution in [0.1, 0.15) is 16.7 Å². The number of rotatable bonds is 5. The van der Waals surface area contributed by atoms with E-state index < -0.39 is 0 Å². The Labute approximate surface area is 114 Å². The lowest BCUT2D eigenvalue weighted by molar-refractivity contribution is 0.970. The van der Waals surface area contributed by atoms with Gasteiger partial charge in [0.25, 0.3) is 0 Å². The summed E-state index contributed by atoms with van der Waals surface area (Å²) in [5, 5.41) is 10.2. The number of hydrogen-bond donors (Lipinski definition) is 2. The molecule has 0 spiro atoms. The fraction of sp³-hybridized carbons (Fsp3) is 0.429. The first-order valence-electron chi connectivity index (χ1n) is 6.46. The number of H-pyrrole nitrogens is 1. The average molecular weight is 259 g/mol. The summed E-state index contributed by atoms with van der Waals surface area (Å²) in [5.41, 5.74) is 4.09. The molecule has 0 amide bonds. The van der Waals surface area contributed by atoms with E-state index >= 15 is 0 Å². The summed E-state index contributed by atoms with van der Waals surface area (Å²) in [6.45, 7) is 5.15. The highest BCUT2D eigenvalue weighted by Crippen LogP contribution is 2.13. The van der Waals surface area contributed by atoms with E-state index in [2.05, 4.69) is 52.5 Å². The lowest BCUT2D eigenvalue weighted by Gasteiger charge is -2.08. The van der Waals surface area contributed by atoms with Crippen molar-refractivity contribution in [2.24, 2.45) is 0 Å². The molecule has 1 aromatic heterocycles. The molecule has 0 radical (unpaired) electrons. The zero-order valence-electron chi connectivity index (χ0n) is 12.0. The van der Waals surface area contributed by atoms with Gasteiger partial charge in [0.15, 0.2) is 0 Å². The third-order valence-corrected chi connectivity index (χ3v) is 3.28. The van der Waals surface area contributed by atoms with Crippen LogP contribution in [0.5, 0.6) is 0 Å². The Balaban J connectivity index is 1.91. The number of aryl methyl sites for hydroxylation is 1. The SMILES string of the molecule is Cc1cccc(CCNc2nc(N(C)C)n[nH]2)c1C. The molecule has 0 saturated heterocycles. The van der Waals surface area contributed by atoms with Gasteiger partial charge in [-0.15, -0.1) is 5.10 Å². The van der Waals surface area contributed by atoms with E-state index in [9.17, 15) is 0 Å². The highest BCUT2D eigenvalue weighted by molar-refractivity contribution is 5.36. The van der Waals surface area contributed by atoms with E-state index in [0.29, 0.717) is 11.9 Å². The predicted octanol–water partition coefficient (Wildman–Crippen LogP) is 2.14. The number of benzene rings is 1. The maximum atomic E-state index is 4.33. The van der Waals surface area contributed by atoms with Crippen molar-refractivity contribution in [3.05, 3.63) is 34.9 Å². The summed E-state index contributed by atoms with van der Waals surface area (Å²) in [6, 6.07) is 6.43. The fourth-order valence-corrected chi connectivity index (χ4v) is 1.93. The van der Waals surface area contributed by atoms with Crippen LogP contribution >= 0.6 is 0 Å². The van der Waals surface area contributed by atoms with Gasteiger partial charge in [-0.25, -0.2) is 5.10 Å². The molecule has 1 heterocycles. The molecular weight excluding hydrogens is 238 g/mol. The smallest absolute Gasteiger partial charge is 0.245 e. The molecule has 102 valence electrons. The van der Waals surface area contributed by atoms with Gasteiger partial charge in [0.05, 0.1) is 0 Å². The number of nitrogens with one attached hydrogen (secondary N) is 2. The summed E-state index contributed by atoms with van der Waals surface area (Å²) in [6.07, 6.45) is 0.978. The molecule has 0 saturated carbocycles. The van der Waals surface area contributed by atoms with Crippen molar-refractivity contribution in [2.75, 3.05) is 30.9 Å². The van der Waals surface area contributed by atoms with E-state index in [4.69, 9.17) is 0 Å². The normalized spacial score (nSPS) is 10.5. The third-order valence-electron chi connectivity index (χ3n) is 3.28. The maximum Gasteiger partial charge on any atom is 0.245 e. The number of nitrogens with zero attached hydrogens (tertiary/aromatic N) is 3. The Morgan fingerprint density at radius 2 is 2.05 bits per heavy atom. The molecule has 0 unspecified atom stereocenters. The molecule has 0 fully saturated rings. The minimum absolute atomic E-state index is 0.689. The van der Waals surface area contributed by atoms with Crippen LogP contribution in [-0.2, 0) is 6.42 Å². The topological polar surface area (TPSA) is 56.8 Å². The summed E-state index contributed by atoms with van der Waals surface area (Å²) in [5.74, 6) is 1.41. The molecule has 1 aromatic carbocycles. The minimum Gasteiger partial charge on any atom is -0.354 e. The van der Waals surface area contributed by atoms with Crippen molar-refractivity contribution in [3.63, 3.8) is 0 Å². The Hall–Kier alpha value is -2.04. The van der Waals surface area contributed by atoms with Crippen LogP contribution in [0, 0.1) is 13.8 Å². The molecule has 2 N–H and O–H groups in total. The van der Waals surface area contributed by atoms with Gasteiger partial charge in [0.1, 0.15) is 0 Å². The van der Waals surface area contributed by atoms with Gasteiger partial charge in [0, 0.05) is 20.6 Å². The van der Waals surface area contributed by atoms with Gasteiger partial charge >= 0.3 is 0 Å². The highest BCUT2D eigenvalue weighted by atomic mass is 15.4. The van der Waals surface area contributed by atoms with Gasteiger partial charge in [0.2, 0.25) is 11.9 Å². The van der Waals surface area contributed by atoms with Crippen molar-refractivity contribution in [3.8, 4) is 0 Å². The summed E-state index contributed by atoms with van der Waals surface area (Å²) >= 11 is 0. The third kappa shape index (κ3) is 3.24. The van der Waals surface area contributed by atoms with Gasteiger partial charge in [-0.1, -0.05) is 18.2 Å². The van der Waals surface area contributed by atoms with E-state index in [-0.39, 0.29) is 0 Å². The molecule has 0 aliphatic rings.